The van der Waals surface area contributed by atoms with E-state index in [4.69, 9.17) is 0 Å². The fraction of sp³-hybridized carbons (Fsp3) is 0.556. The molecule has 2 heterocycles. The van der Waals surface area contributed by atoms with Crippen molar-refractivity contribution in [3.8, 4) is 0 Å². The number of carbonyl (C=O) groups excluding carboxylic acids is 1. The molecule has 2 aromatic rings. The number of fused-ring (bicyclic) bond motifs is 1. The molecule has 0 aromatic carbocycles. The van der Waals surface area contributed by atoms with Gasteiger partial charge in [-0.3, -0.25) is 19.1 Å². The molecule has 1 amide bonds. The van der Waals surface area contributed by atoms with Gasteiger partial charge < -0.3 is 5.32 Å². The van der Waals surface area contributed by atoms with Gasteiger partial charge in [0.2, 0.25) is 0 Å². The van der Waals surface area contributed by atoms with Gasteiger partial charge in [0.15, 0.2) is 0 Å². The largest absolute Gasteiger partial charge is 0.350 e. The van der Waals surface area contributed by atoms with Crippen molar-refractivity contribution in [1.82, 2.24) is 19.9 Å². The van der Waals surface area contributed by atoms with E-state index in [0.29, 0.717) is 17.1 Å². The number of pyridine rings is 1. The molecule has 0 bridgehead atoms. The third kappa shape index (κ3) is 3.81. The van der Waals surface area contributed by atoms with Crippen LogP contribution in [0, 0.1) is 5.92 Å². The number of amides is 1. The second-order valence-corrected chi connectivity index (χ2v) is 7.30. The molecule has 1 atom stereocenters. The highest BCUT2D eigenvalue weighted by Gasteiger charge is 2.27. The Balaban J connectivity index is 1.87. The van der Waals surface area contributed by atoms with E-state index in [9.17, 15) is 14.4 Å². The van der Waals surface area contributed by atoms with Crippen molar-refractivity contribution in [2.24, 2.45) is 5.92 Å². The smallest absolute Gasteiger partial charge is 0.330 e. The van der Waals surface area contributed by atoms with Crippen LogP contribution in [0.1, 0.15) is 62.9 Å². The zero-order chi connectivity index (χ0) is 18.1. The second kappa shape index (κ2) is 6.82. The van der Waals surface area contributed by atoms with Gasteiger partial charge in [-0.05, 0) is 44.6 Å². The molecule has 7 nitrogen and oxygen atoms in total. The molecule has 0 saturated heterocycles. The Morgan fingerprint density at radius 1 is 1.32 bits per heavy atom. The topological polar surface area (TPSA) is 96.8 Å². The van der Waals surface area contributed by atoms with Crippen LogP contribution in [-0.2, 0) is 0 Å². The normalized spacial score (nSPS) is 15.5. The minimum absolute atomic E-state index is 0.0456. The first-order valence-corrected chi connectivity index (χ1v) is 8.82. The first-order valence-electron chi connectivity index (χ1n) is 8.82. The Hall–Kier alpha value is -2.44. The molecule has 134 valence electrons. The number of hydrogen-bond donors (Lipinski definition) is 2. The maximum atomic E-state index is 12.4. The van der Waals surface area contributed by atoms with Crippen LogP contribution in [0.5, 0.6) is 0 Å². The minimum atomic E-state index is -0.507. The number of H-pyrrole nitrogens is 1. The zero-order valence-electron chi connectivity index (χ0n) is 14.8. The number of carbonyl (C=O) groups is 1. The Morgan fingerprint density at radius 3 is 2.68 bits per heavy atom. The van der Waals surface area contributed by atoms with Gasteiger partial charge in [0.1, 0.15) is 5.65 Å². The van der Waals surface area contributed by atoms with Crippen LogP contribution in [0.2, 0.25) is 0 Å². The van der Waals surface area contributed by atoms with Crippen molar-refractivity contribution in [3.63, 3.8) is 0 Å². The van der Waals surface area contributed by atoms with Crippen LogP contribution in [0.4, 0.5) is 0 Å². The SMILES string of the molecule is CC(C)CCC(C)NC(=O)c1cnc2c(c1)c(=O)[nH]c(=O)n2C1CC1. The van der Waals surface area contributed by atoms with E-state index >= 15 is 0 Å². The quantitative estimate of drug-likeness (QED) is 0.837. The Labute approximate surface area is 145 Å². The molecule has 1 fully saturated rings. The van der Waals surface area contributed by atoms with Crippen molar-refractivity contribution in [2.45, 2.75) is 58.5 Å². The fourth-order valence-electron chi connectivity index (χ4n) is 2.90. The summed E-state index contributed by atoms with van der Waals surface area (Å²) in [6.07, 6.45) is 5.16. The Kier molecular flexibility index (Phi) is 4.74. The highest BCUT2D eigenvalue weighted by molar-refractivity contribution is 5.96. The summed E-state index contributed by atoms with van der Waals surface area (Å²) in [6.45, 7) is 6.26. The fourth-order valence-corrected chi connectivity index (χ4v) is 2.90. The summed E-state index contributed by atoms with van der Waals surface area (Å²) < 4.78 is 1.52. The monoisotopic (exact) mass is 344 g/mol. The summed E-state index contributed by atoms with van der Waals surface area (Å²) in [5.41, 5.74) is -0.269. The van der Waals surface area contributed by atoms with Crippen molar-refractivity contribution >= 4 is 16.9 Å². The molecule has 25 heavy (non-hydrogen) atoms. The van der Waals surface area contributed by atoms with Crippen molar-refractivity contribution in [3.05, 3.63) is 38.7 Å². The van der Waals surface area contributed by atoms with Gasteiger partial charge in [-0.25, -0.2) is 9.78 Å². The molecule has 7 heteroatoms. The van der Waals surface area contributed by atoms with Crippen LogP contribution >= 0.6 is 0 Å². The molecule has 0 spiro atoms. The van der Waals surface area contributed by atoms with Gasteiger partial charge in [-0.15, -0.1) is 0 Å². The molecule has 2 N–H and O–H groups in total. The van der Waals surface area contributed by atoms with Gasteiger partial charge >= 0.3 is 5.69 Å². The number of nitrogens with zero attached hydrogens (tertiary/aromatic N) is 2. The number of aromatic nitrogens is 3. The Bertz CT molecular complexity index is 909. The van der Waals surface area contributed by atoms with Crippen LogP contribution in [-0.4, -0.2) is 26.5 Å². The number of aromatic amines is 1. The van der Waals surface area contributed by atoms with Crippen LogP contribution in [0.3, 0.4) is 0 Å². The summed E-state index contributed by atoms with van der Waals surface area (Å²) in [4.78, 5) is 43.1. The molecule has 0 radical (unpaired) electrons. The highest BCUT2D eigenvalue weighted by atomic mass is 16.2. The van der Waals surface area contributed by atoms with Crippen LogP contribution in [0.15, 0.2) is 21.9 Å². The van der Waals surface area contributed by atoms with E-state index in [1.54, 1.807) is 0 Å². The number of nitrogens with one attached hydrogen (secondary N) is 2. The van der Waals surface area contributed by atoms with Crippen molar-refractivity contribution < 1.29 is 4.79 Å². The van der Waals surface area contributed by atoms with Gasteiger partial charge in [-0.2, -0.15) is 0 Å². The van der Waals surface area contributed by atoms with E-state index in [1.165, 1.54) is 16.8 Å². The molecule has 1 saturated carbocycles. The molecule has 3 rings (SSSR count). The van der Waals surface area contributed by atoms with E-state index in [0.717, 1.165) is 25.7 Å². The second-order valence-electron chi connectivity index (χ2n) is 7.30. The predicted molar refractivity (Wildman–Crippen MR) is 95.9 cm³/mol. The lowest BCUT2D eigenvalue weighted by atomic mass is 10.0. The van der Waals surface area contributed by atoms with Crippen LogP contribution in [0.25, 0.3) is 11.0 Å². The third-order valence-corrected chi connectivity index (χ3v) is 4.51. The molecule has 1 aliphatic carbocycles. The van der Waals surface area contributed by atoms with E-state index in [1.807, 2.05) is 6.92 Å². The summed E-state index contributed by atoms with van der Waals surface area (Å²) >= 11 is 0. The molecule has 1 unspecified atom stereocenters. The summed E-state index contributed by atoms with van der Waals surface area (Å²) in [7, 11) is 0. The first kappa shape index (κ1) is 17.4. The van der Waals surface area contributed by atoms with Gasteiger partial charge in [0.25, 0.3) is 11.5 Å². The van der Waals surface area contributed by atoms with Crippen molar-refractivity contribution in [2.75, 3.05) is 0 Å². The van der Waals surface area contributed by atoms with E-state index in [-0.39, 0.29) is 23.4 Å². The summed E-state index contributed by atoms with van der Waals surface area (Å²) in [6, 6.07) is 1.66. The maximum absolute atomic E-state index is 12.4. The number of hydrogen-bond acceptors (Lipinski definition) is 4. The van der Waals surface area contributed by atoms with Gasteiger partial charge in [-0.1, -0.05) is 13.8 Å². The lowest BCUT2D eigenvalue weighted by Gasteiger charge is -2.15. The standard InChI is InChI=1S/C18H24N4O3/c1-10(2)4-5-11(3)20-16(23)12-8-14-15(19-9-12)22(13-6-7-13)18(25)21-17(14)24/h8-11,13H,4-7H2,1-3H3,(H,20,23)(H,21,24,25). The average molecular weight is 344 g/mol. The Morgan fingerprint density at radius 2 is 2.04 bits per heavy atom. The van der Waals surface area contributed by atoms with Gasteiger partial charge in [0, 0.05) is 18.3 Å². The maximum Gasteiger partial charge on any atom is 0.330 e. The molecule has 2 aromatic heterocycles. The highest BCUT2D eigenvalue weighted by Crippen LogP contribution is 2.34. The first-order chi connectivity index (χ1) is 11.9. The zero-order valence-corrected chi connectivity index (χ0v) is 14.8. The van der Waals surface area contributed by atoms with E-state index < -0.39 is 11.2 Å². The third-order valence-electron chi connectivity index (χ3n) is 4.51. The van der Waals surface area contributed by atoms with Gasteiger partial charge in [0.05, 0.1) is 10.9 Å². The van der Waals surface area contributed by atoms with Crippen LogP contribution < -0.4 is 16.6 Å². The molecular weight excluding hydrogens is 320 g/mol. The number of rotatable bonds is 6. The van der Waals surface area contributed by atoms with E-state index in [2.05, 4.69) is 29.1 Å². The lowest BCUT2D eigenvalue weighted by Crippen LogP contribution is -2.34. The van der Waals surface area contributed by atoms with Crippen molar-refractivity contribution in [1.29, 1.82) is 0 Å². The minimum Gasteiger partial charge on any atom is -0.350 e. The summed E-state index contributed by atoms with van der Waals surface area (Å²) in [5.74, 6) is 0.327. The predicted octanol–water partition coefficient (Wildman–Crippen LogP) is 1.97. The molecule has 1 aliphatic rings. The average Bonchev–Trinajstić information content (AvgIpc) is 3.37. The summed E-state index contributed by atoms with van der Waals surface area (Å²) in [5, 5.41) is 3.21. The molecule has 0 aliphatic heterocycles. The lowest BCUT2D eigenvalue weighted by molar-refractivity contribution is 0.0937. The molecular formula is C18H24N4O3.